The number of rotatable bonds is 13. The number of ether oxygens (including phenoxy) is 2. The molecule has 1 aliphatic rings. The third kappa shape index (κ3) is 8.23. The third-order valence-corrected chi connectivity index (χ3v) is 10.5. The Hall–Kier alpha value is -3.47. The van der Waals surface area contributed by atoms with Gasteiger partial charge in [-0.1, -0.05) is 66.7 Å². The standard InChI is InChI=1S/C33H39Cl2N3O6S/c1-5-29(33(40)36-24-8-6-7-9-24)37(20-23-12-16-27(34)28(35)18-23)32(39)21-38(25-13-17-30(43-3)31(19-25)44-4)45(41,42)26-14-10-22(2)11-15-26/h10-19,24,29H,5-9,20-21H2,1-4H3,(H,36,40). The molecule has 3 aromatic carbocycles. The number of halogens is 2. The minimum absolute atomic E-state index is 0.0106. The SMILES string of the molecule is CCC(C(=O)NC1CCCC1)N(Cc1ccc(Cl)c(Cl)c1)C(=O)CN(c1ccc(OC)c(OC)c1)S(=O)(=O)c1ccc(C)cc1. The summed E-state index contributed by atoms with van der Waals surface area (Å²) < 4.78 is 40.2. The number of hydrogen-bond donors (Lipinski definition) is 1. The first-order valence-corrected chi connectivity index (χ1v) is 17.0. The highest BCUT2D eigenvalue weighted by atomic mass is 35.5. The molecule has 1 atom stereocenters. The van der Waals surface area contributed by atoms with E-state index in [-0.39, 0.29) is 29.1 Å². The van der Waals surface area contributed by atoms with Crippen LogP contribution in [0.5, 0.6) is 11.5 Å². The smallest absolute Gasteiger partial charge is 0.264 e. The van der Waals surface area contributed by atoms with Crippen LogP contribution in [-0.2, 0) is 26.2 Å². The Labute approximate surface area is 275 Å². The highest BCUT2D eigenvalue weighted by Crippen LogP contribution is 2.34. The molecule has 4 rings (SSSR count). The topological polar surface area (TPSA) is 105 Å². The molecule has 0 aliphatic heterocycles. The quantitative estimate of drug-likeness (QED) is 0.225. The minimum Gasteiger partial charge on any atom is -0.493 e. The van der Waals surface area contributed by atoms with E-state index in [1.165, 1.54) is 37.3 Å². The molecule has 242 valence electrons. The number of methoxy groups -OCH3 is 2. The Morgan fingerprint density at radius 1 is 0.933 bits per heavy atom. The summed E-state index contributed by atoms with van der Waals surface area (Å²) in [6, 6.07) is 15.2. The Morgan fingerprint density at radius 2 is 1.60 bits per heavy atom. The first-order valence-electron chi connectivity index (χ1n) is 14.8. The predicted molar refractivity (Wildman–Crippen MR) is 177 cm³/mol. The summed E-state index contributed by atoms with van der Waals surface area (Å²) in [7, 11) is -1.33. The molecule has 0 heterocycles. The first-order chi connectivity index (χ1) is 21.5. The van der Waals surface area contributed by atoms with Gasteiger partial charge in [-0.3, -0.25) is 13.9 Å². The van der Waals surface area contributed by atoms with Gasteiger partial charge in [0.2, 0.25) is 11.8 Å². The van der Waals surface area contributed by atoms with Crippen molar-refractivity contribution in [1.29, 1.82) is 0 Å². The molecule has 1 fully saturated rings. The van der Waals surface area contributed by atoms with Crippen molar-refractivity contribution in [1.82, 2.24) is 10.2 Å². The van der Waals surface area contributed by atoms with Crippen LogP contribution >= 0.6 is 23.2 Å². The lowest BCUT2D eigenvalue weighted by atomic mass is 10.1. The molecule has 0 aromatic heterocycles. The number of nitrogens with zero attached hydrogens (tertiary/aromatic N) is 2. The molecule has 2 amide bonds. The lowest BCUT2D eigenvalue weighted by molar-refractivity contribution is -0.140. The summed E-state index contributed by atoms with van der Waals surface area (Å²) in [5.74, 6) is -0.158. The number of hydrogen-bond acceptors (Lipinski definition) is 6. The number of carbonyl (C=O) groups is 2. The molecule has 1 N–H and O–H groups in total. The Bertz CT molecular complexity index is 1610. The average molecular weight is 677 g/mol. The Balaban J connectivity index is 1.77. The van der Waals surface area contributed by atoms with Gasteiger partial charge < -0.3 is 19.7 Å². The molecule has 3 aromatic rings. The van der Waals surface area contributed by atoms with Crippen molar-refractivity contribution < 1.29 is 27.5 Å². The van der Waals surface area contributed by atoms with Crippen molar-refractivity contribution in [2.75, 3.05) is 25.1 Å². The van der Waals surface area contributed by atoms with Gasteiger partial charge in [-0.25, -0.2) is 8.42 Å². The maximum atomic E-state index is 14.4. The zero-order valence-electron chi connectivity index (χ0n) is 25.9. The van der Waals surface area contributed by atoms with E-state index in [2.05, 4.69) is 5.32 Å². The molecule has 0 bridgehead atoms. The molecule has 0 radical (unpaired) electrons. The van der Waals surface area contributed by atoms with Crippen LogP contribution < -0.4 is 19.1 Å². The van der Waals surface area contributed by atoms with Gasteiger partial charge in [-0.15, -0.1) is 0 Å². The third-order valence-electron chi connectivity index (χ3n) is 7.97. The van der Waals surface area contributed by atoms with Gasteiger partial charge in [0.15, 0.2) is 11.5 Å². The van der Waals surface area contributed by atoms with Crippen LogP contribution in [0.3, 0.4) is 0 Å². The van der Waals surface area contributed by atoms with Gasteiger partial charge in [0, 0.05) is 18.7 Å². The summed E-state index contributed by atoms with van der Waals surface area (Å²) in [6.45, 7) is 3.11. The van der Waals surface area contributed by atoms with Crippen LogP contribution in [0.15, 0.2) is 65.6 Å². The number of nitrogens with one attached hydrogen (secondary N) is 1. The van der Waals surface area contributed by atoms with Gasteiger partial charge in [0.1, 0.15) is 12.6 Å². The van der Waals surface area contributed by atoms with Crippen LogP contribution in [0.4, 0.5) is 5.69 Å². The van der Waals surface area contributed by atoms with E-state index in [1.54, 1.807) is 42.5 Å². The van der Waals surface area contributed by atoms with Gasteiger partial charge in [0.25, 0.3) is 10.0 Å². The maximum absolute atomic E-state index is 14.4. The normalized spacial score (nSPS) is 14.1. The Morgan fingerprint density at radius 3 is 2.20 bits per heavy atom. The van der Waals surface area contributed by atoms with E-state index in [4.69, 9.17) is 32.7 Å². The highest BCUT2D eigenvalue weighted by molar-refractivity contribution is 7.92. The Kier molecular flexibility index (Phi) is 11.6. The maximum Gasteiger partial charge on any atom is 0.264 e. The summed E-state index contributed by atoms with van der Waals surface area (Å²) in [5, 5.41) is 3.76. The van der Waals surface area contributed by atoms with E-state index in [0.717, 1.165) is 35.6 Å². The lowest BCUT2D eigenvalue weighted by Gasteiger charge is -2.34. The van der Waals surface area contributed by atoms with E-state index < -0.39 is 28.5 Å². The summed E-state index contributed by atoms with van der Waals surface area (Å²) in [5.41, 5.74) is 1.72. The van der Waals surface area contributed by atoms with E-state index >= 15 is 0 Å². The molecular weight excluding hydrogens is 637 g/mol. The lowest BCUT2D eigenvalue weighted by Crippen LogP contribution is -2.53. The fourth-order valence-corrected chi connectivity index (χ4v) is 7.19. The molecule has 0 spiro atoms. The average Bonchev–Trinajstić information content (AvgIpc) is 3.54. The monoisotopic (exact) mass is 675 g/mol. The van der Waals surface area contributed by atoms with E-state index in [9.17, 15) is 18.0 Å². The summed E-state index contributed by atoms with van der Waals surface area (Å²) in [4.78, 5) is 29.4. The van der Waals surface area contributed by atoms with Crippen LogP contribution in [0.25, 0.3) is 0 Å². The molecule has 1 unspecified atom stereocenters. The fourth-order valence-electron chi connectivity index (χ4n) is 5.47. The van der Waals surface area contributed by atoms with Crippen LogP contribution in [0.1, 0.15) is 50.2 Å². The largest absolute Gasteiger partial charge is 0.493 e. The fraction of sp³-hybridized carbons (Fsp3) is 0.394. The number of anilines is 1. The minimum atomic E-state index is -4.25. The zero-order chi connectivity index (χ0) is 32.7. The molecule has 9 nitrogen and oxygen atoms in total. The van der Waals surface area contributed by atoms with Crippen molar-refractivity contribution in [3.05, 3.63) is 81.8 Å². The number of amides is 2. The number of benzene rings is 3. The number of sulfonamides is 1. The van der Waals surface area contributed by atoms with Crippen LogP contribution in [0.2, 0.25) is 10.0 Å². The molecule has 12 heteroatoms. The van der Waals surface area contributed by atoms with Crippen molar-refractivity contribution in [2.45, 2.75) is 69.5 Å². The van der Waals surface area contributed by atoms with Gasteiger partial charge in [-0.2, -0.15) is 0 Å². The summed E-state index contributed by atoms with van der Waals surface area (Å²) in [6.07, 6.45) is 4.14. The first kappa shape index (κ1) is 34.4. The number of carbonyl (C=O) groups excluding carboxylic acids is 2. The van der Waals surface area contributed by atoms with Crippen LogP contribution in [-0.4, -0.2) is 58.0 Å². The second-order valence-electron chi connectivity index (χ2n) is 11.0. The molecular formula is C33H39Cl2N3O6S. The van der Waals surface area contributed by atoms with Crippen LogP contribution in [0, 0.1) is 6.92 Å². The van der Waals surface area contributed by atoms with Gasteiger partial charge >= 0.3 is 0 Å². The second kappa shape index (κ2) is 15.2. The van der Waals surface area contributed by atoms with Crippen molar-refractivity contribution in [2.24, 2.45) is 0 Å². The number of aryl methyl sites for hydroxylation is 1. The van der Waals surface area contributed by atoms with E-state index in [1.807, 2.05) is 13.8 Å². The molecule has 1 aliphatic carbocycles. The molecule has 1 saturated carbocycles. The zero-order valence-corrected chi connectivity index (χ0v) is 28.2. The van der Waals surface area contributed by atoms with Gasteiger partial charge in [-0.05, 0) is 68.1 Å². The van der Waals surface area contributed by atoms with Crippen molar-refractivity contribution in [3.8, 4) is 11.5 Å². The van der Waals surface area contributed by atoms with Crippen molar-refractivity contribution >= 4 is 50.7 Å². The van der Waals surface area contributed by atoms with Gasteiger partial charge in [0.05, 0.1) is 34.8 Å². The van der Waals surface area contributed by atoms with Crippen molar-refractivity contribution in [3.63, 3.8) is 0 Å². The highest BCUT2D eigenvalue weighted by Gasteiger charge is 2.35. The molecule has 0 saturated heterocycles. The second-order valence-corrected chi connectivity index (χ2v) is 13.7. The van der Waals surface area contributed by atoms with E-state index in [0.29, 0.717) is 33.5 Å². The molecule has 45 heavy (non-hydrogen) atoms. The summed E-state index contributed by atoms with van der Waals surface area (Å²) >= 11 is 12.4. The predicted octanol–water partition coefficient (Wildman–Crippen LogP) is 6.38.